The highest BCUT2D eigenvalue weighted by molar-refractivity contribution is 6.07. The molecule has 30 heavy (non-hydrogen) atoms. The van der Waals surface area contributed by atoms with Gasteiger partial charge in [0.1, 0.15) is 5.76 Å². The maximum atomic E-state index is 12.6. The van der Waals surface area contributed by atoms with Crippen molar-refractivity contribution in [3.8, 4) is 11.1 Å². The minimum absolute atomic E-state index is 0.180. The van der Waals surface area contributed by atoms with Crippen LogP contribution in [0.4, 0.5) is 0 Å². The van der Waals surface area contributed by atoms with Crippen molar-refractivity contribution in [3.05, 3.63) is 82.8 Å². The van der Waals surface area contributed by atoms with Gasteiger partial charge in [0, 0.05) is 23.1 Å². The molecule has 0 spiro atoms. The van der Waals surface area contributed by atoms with Crippen LogP contribution in [0.15, 0.2) is 64.1 Å². The summed E-state index contributed by atoms with van der Waals surface area (Å²) in [5.41, 5.74) is 9.51. The van der Waals surface area contributed by atoms with Crippen LogP contribution in [0, 0.1) is 6.92 Å². The number of carbonyl (C=O) groups is 2. The number of hydrazine groups is 1. The van der Waals surface area contributed by atoms with Gasteiger partial charge in [-0.05, 0) is 43.0 Å². The molecule has 1 aromatic heterocycles. The molecular weight excluding hydrogens is 380 g/mol. The number of hydrazone groups is 1. The Labute approximate surface area is 173 Å². The van der Waals surface area contributed by atoms with Crippen molar-refractivity contribution in [2.75, 3.05) is 0 Å². The summed E-state index contributed by atoms with van der Waals surface area (Å²) >= 11 is 0. The molecule has 3 aromatic rings. The van der Waals surface area contributed by atoms with Gasteiger partial charge in [-0.1, -0.05) is 42.5 Å². The van der Waals surface area contributed by atoms with Gasteiger partial charge in [0.2, 0.25) is 0 Å². The second-order valence-corrected chi connectivity index (χ2v) is 7.12. The van der Waals surface area contributed by atoms with E-state index in [2.05, 4.69) is 16.0 Å². The lowest BCUT2D eigenvalue weighted by Gasteiger charge is -2.13. The van der Waals surface area contributed by atoms with Gasteiger partial charge in [0.15, 0.2) is 5.76 Å². The molecule has 1 heterocycles. The van der Waals surface area contributed by atoms with Gasteiger partial charge in [0.25, 0.3) is 5.91 Å². The van der Waals surface area contributed by atoms with Crippen molar-refractivity contribution in [2.24, 2.45) is 10.9 Å². The number of nitrogens with one attached hydrogen (secondary N) is 2. The van der Waals surface area contributed by atoms with Gasteiger partial charge >= 0.3 is 5.91 Å². The summed E-state index contributed by atoms with van der Waals surface area (Å²) in [5.74, 6) is 5.32. The Morgan fingerprint density at radius 2 is 1.67 bits per heavy atom. The molecule has 1 aliphatic carbocycles. The van der Waals surface area contributed by atoms with E-state index < -0.39 is 5.91 Å². The largest absolute Gasteiger partial charge is 0.455 e. The number of carbonyl (C=O) groups excluding carboxylic acids is 2. The van der Waals surface area contributed by atoms with E-state index in [0.717, 1.165) is 23.1 Å². The molecule has 0 atom stereocenters. The fourth-order valence-electron chi connectivity index (χ4n) is 3.69. The molecule has 1 aliphatic rings. The van der Waals surface area contributed by atoms with Crippen LogP contribution in [0.3, 0.4) is 0 Å². The van der Waals surface area contributed by atoms with Crippen LogP contribution in [0.1, 0.15) is 50.6 Å². The molecule has 7 nitrogen and oxygen atoms in total. The Hall–Kier alpha value is -3.71. The van der Waals surface area contributed by atoms with Gasteiger partial charge in [-0.15, -0.1) is 0 Å². The number of fused-ring (bicyclic) bond motifs is 1. The quantitative estimate of drug-likeness (QED) is 0.353. The third-order valence-corrected chi connectivity index (χ3v) is 5.21. The zero-order valence-corrected chi connectivity index (χ0v) is 16.6. The van der Waals surface area contributed by atoms with Crippen LogP contribution in [-0.4, -0.2) is 17.5 Å². The summed E-state index contributed by atoms with van der Waals surface area (Å²) in [4.78, 5) is 24.5. The number of nitrogen functional groups attached to an aromatic ring is 1. The average Bonchev–Trinajstić information content (AvgIpc) is 3.14. The average molecular weight is 402 g/mol. The highest BCUT2D eigenvalue weighted by atomic mass is 16.4. The highest BCUT2D eigenvalue weighted by Crippen LogP contribution is 2.29. The zero-order valence-electron chi connectivity index (χ0n) is 16.6. The summed E-state index contributed by atoms with van der Waals surface area (Å²) in [6, 6.07) is 17.3. The lowest BCUT2D eigenvalue weighted by Crippen LogP contribution is -2.30. The van der Waals surface area contributed by atoms with E-state index in [1.165, 1.54) is 0 Å². The lowest BCUT2D eigenvalue weighted by atomic mass is 9.93. The predicted octanol–water partition coefficient (Wildman–Crippen LogP) is 3.33. The first kappa shape index (κ1) is 19.6. The van der Waals surface area contributed by atoms with Crippen LogP contribution in [0.25, 0.3) is 11.1 Å². The molecule has 2 amide bonds. The number of hydrogen-bond acceptors (Lipinski definition) is 5. The number of amides is 2. The summed E-state index contributed by atoms with van der Waals surface area (Å²) in [6.45, 7) is 1.79. The van der Waals surface area contributed by atoms with Crippen LogP contribution >= 0.6 is 0 Å². The van der Waals surface area contributed by atoms with E-state index in [4.69, 9.17) is 10.3 Å². The SMILES string of the molecule is Cc1c(C(=O)NN)oc2c1/C(=N/NC(=O)c1ccc(-c3ccccc3)cc1)CCC2. The van der Waals surface area contributed by atoms with Gasteiger partial charge in [-0.3, -0.25) is 15.0 Å². The molecule has 0 aliphatic heterocycles. The van der Waals surface area contributed by atoms with E-state index >= 15 is 0 Å². The predicted molar refractivity (Wildman–Crippen MR) is 114 cm³/mol. The molecule has 0 fully saturated rings. The van der Waals surface area contributed by atoms with Crippen molar-refractivity contribution in [3.63, 3.8) is 0 Å². The van der Waals surface area contributed by atoms with Gasteiger partial charge < -0.3 is 4.42 Å². The number of benzene rings is 2. The van der Waals surface area contributed by atoms with Crippen molar-refractivity contribution in [1.82, 2.24) is 10.9 Å². The first-order valence-corrected chi connectivity index (χ1v) is 9.74. The van der Waals surface area contributed by atoms with Gasteiger partial charge in [0.05, 0.1) is 5.71 Å². The third-order valence-electron chi connectivity index (χ3n) is 5.21. The fraction of sp³-hybridized carbons (Fsp3) is 0.174. The summed E-state index contributed by atoms with van der Waals surface area (Å²) < 4.78 is 5.68. The van der Waals surface area contributed by atoms with E-state index in [0.29, 0.717) is 35.4 Å². The van der Waals surface area contributed by atoms with Crippen molar-refractivity contribution >= 4 is 17.5 Å². The summed E-state index contributed by atoms with van der Waals surface area (Å²) in [7, 11) is 0. The van der Waals surface area contributed by atoms with Crippen LogP contribution in [0.2, 0.25) is 0 Å². The molecule has 2 aromatic carbocycles. The fourth-order valence-corrected chi connectivity index (χ4v) is 3.69. The maximum Gasteiger partial charge on any atom is 0.301 e. The Morgan fingerprint density at radius 3 is 2.37 bits per heavy atom. The molecule has 7 heteroatoms. The lowest BCUT2D eigenvalue weighted by molar-refractivity contribution is 0.0921. The molecule has 0 bridgehead atoms. The Bertz CT molecular complexity index is 1120. The minimum atomic E-state index is -0.483. The molecule has 0 saturated carbocycles. The highest BCUT2D eigenvalue weighted by Gasteiger charge is 2.27. The smallest absolute Gasteiger partial charge is 0.301 e. The van der Waals surface area contributed by atoms with Gasteiger partial charge in [-0.2, -0.15) is 5.10 Å². The Kier molecular flexibility index (Phi) is 5.45. The van der Waals surface area contributed by atoms with Gasteiger partial charge in [-0.25, -0.2) is 11.3 Å². The Morgan fingerprint density at radius 1 is 0.967 bits per heavy atom. The van der Waals surface area contributed by atoms with Crippen molar-refractivity contribution in [2.45, 2.75) is 26.2 Å². The van der Waals surface area contributed by atoms with Crippen LogP contribution in [0.5, 0.6) is 0 Å². The molecule has 4 rings (SSSR count). The minimum Gasteiger partial charge on any atom is -0.455 e. The van der Waals surface area contributed by atoms with E-state index in [1.54, 1.807) is 19.1 Å². The standard InChI is InChI=1S/C23H22N4O3/c1-14-20-18(8-5-9-19(20)30-21(14)23(29)25-24)26-27-22(28)17-12-10-16(11-13-17)15-6-3-2-4-7-15/h2-4,6-7,10-13H,5,8-9,24H2,1H3,(H,25,29)(H,27,28)/b26-18+. The van der Waals surface area contributed by atoms with E-state index in [-0.39, 0.29) is 11.7 Å². The topological polar surface area (TPSA) is 110 Å². The molecule has 152 valence electrons. The van der Waals surface area contributed by atoms with Crippen molar-refractivity contribution in [1.29, 1.82) is 0 Å². The number of aryl methyl sites for hydroxylation is 1. The first-order chi connectivity index (χ1) is 14.6. The molecule has 0 unspecified atom stereocenters. The summed E-state index contributed by atoms with van der Waals surface area (Å²) in [6.07, 6.45) is 2.22. The molecular formula is C23H22N4O3. The number of furan rings is 1. The molecule has 4 N–H and O–H groups in total. The Balaban J connectivity index is 1.53. The van der Waals surface area contributed by atoms with Crippen molar-refractivity contribution < 1.29 is 14.0 Å². The normalized spacial score (nSPS) is 14.3. The third kappa shape index (κ3) is 3.75. The van der Waals surface area contributed by atoms with Crippen LogP contribution in [-0.2, 0) is 6.42 Å². The second kappa shape index (κ2) is 8.34. The summed E-state index contributed by atoms with van der Waals surface area (Å²) in [5, 5.41) is 4.33. The number of nitrogens with two attached hydrogens (primary N) is 1. The molecule has 0 radical (unpaired) electrons. The zero-order chi connectivity index (χ0) is 21.1. The molecule has 0 saturated heterocycles. The number of nitrogens with zero attached hydrogens (tertiary/aromatic N) is 1. The number of rotatable bonds is 4. The maximum absolute atomic E-state index is 12.6. The number of hydrogen-bond donors (Lipinski definition) is 3. The monoisotopic (exact) mass is 402 g/mol. The first-order valence-electron chi connectivity index (χ1n) is 9.74. The van der Waals surface area contributed by atoms with E-state index in [1.807, 2.05) is 42.5 Å². The second-order valence-electron chi connectivity index (χ2n) is 7.12. The van der Waals surface area contributed by atoms with Crippen LogP contribution < -0.4 is 16.7 Å². The van der Waals surface area contributed by atoms with E-state index in [9.17, 15) is 9.59 Å².